The van der Waals surface area contributed by atoms with Crippen molar-refractivity contribution in [2.45, 2.75) is 19.4 Å². The highest BCUT2D eigenvalue weighted by Gasteiger charge is 2.18. The summed E-state index contributed by atoms with van der Waals surface area (Å²) in [5.74, 6) is 1.01. The van der Waals surface area contributed by atoms with Gasteiger partial charge < -0.3 is 14.8 Å². The molecule has 2 heterocycles. The Hall–Kier alpha value is -3.68. The predicted molar refractivity (Wildman–Crippen MR) is 113 cm³/mol. The summed E-state index contributed by atoms with van der Waals surface area (Å²) >= 11 is 0. The maximum atomic E-state index is 12.6. The van der Waals surface area contributed by atoms with Gasteiger partial charge in [-0.2, -0.15) is 5.10 Å². The number of methoxy groups -OCH3 is 2. The van der Waals surface area contributed by atoms with Crippen LogP contribution in [0.4, 0.5) is 0 Å². The second-order valence-corrected chi connectivity index (χ2v) is 6.64. The zero-order valence-corrected chi connectivity index (χ0v) is 17.2. The Kier molecular flexibility index (Phi) is 6.79. The zero-order valence-electron chi connectivity index (χ0n) is 17.2. The molecule has 8 nitrogen and oxygen atoms in total. The van der Waals surface area contributed by atoms with Crippen molar-refractivity contribution in [3.63, 3.8) is 0 Å². The topological polar surface area (TPSA) is 95.3 Å². The van der Waals surface area contributed by atoms with E-state index in [1.807, 2.05) is 18.2 Å². The summed E-state index contributed by atoms with van der Waals surface area (Å²) in [6.07, 6.45) is 3.91. The first-order chi connectivity index (χ1) is 14.5. The Morgan fingerprint density at radius 1 is 1.07 bits per heavy atom. The number of hydrogen-bond acceptors (Lipinski definition) is 6. The molecule has 3 rings (SSSR count). The standard InChI is InChI=1S/C22H24N4O4/c1-15(26-21(27)7-5-18(25-26)17-9-11-23-12-10-17)22(28)24-13-8-16-4-6-19(29-2)20(14-16)30-3/h4-7,9-12,14-15H,8,13H2,1-3H3,(H,24,28). The van der Waals surface area contributed by atoms with Crippen molar-refractivity contribution in [1.82, 2.24) is 20.1 Å². The lowest BCUT2D eigenvalue weighted by Gasteiger charge is -2.15. The number of pyridine rings is 1. The number of aromatic nitrogens is 3. The molecular formula is C22H24N4O4. The van der Waals surface area contributed by atoms with Crippen LogP contribution in [0.25, 0.3) is 11.3 Å². The molecule has 156 valence electrons. The smallest absolute Gasteiger partial charge is 0.267 e. The highest BCUT2D eigenvalue weighted by atomic mass is 16.5. The molecule has 1 aromatic carbocycles. The average Bonchev–Trinajstić information content (AvgIpc) is 2.79. The van der Waals surface area contributed by atoms with E-state index in [0.29, 0.717) is 30.2 Å². The molecule has 0 saturated carbocycles. The van der Waals surface area contributed by atoms with E-state index < -0.39 is 6.04 Å². The third-order valence-electron chi connectivity index (χ3n) is 4.71. The Morgan fingerprint density at radius 2 is 1.80 bits per heavy atom. The van der Waals surface area contributed by atoms with Crippen LogP contribution < -0.4 is 20.3 Å². The molecule has 0 aliphatic carbocycles. The summed E-state index contributed by atoms with van der Waals surface area (Å²) in [4.78, 5) is 28.8. The molecule has 0 saturated heterocycles. The van der Waals surface area contributed by atoms with Crippen LogP contribution in [0.3, 0.4) is 0 Å². The normalized spacial score (nSPS) is 11.6. The molecule has 1 unspecified atom stereocenters. The maximum Gasteiger partial charge on any atom is 0.267 e. The molecule has 1 N–H and O–H groups in total. The molecule has 0 spiro atoms. The minimum absolute atomic E-state index is 0.281. The van der Waals surface area contributed by atoms with Crippen LogP contribution in [0, 0.1) is 0 Å². The van der Waals surface area contributed by atoms with Gasteiger partial charge in [-0.25, -0.2) is 4.68 Å². The van der Waals surface area contributed by atoms with Gasteiger partial charge in [0.1, 0.15) is 6.04 Å². The lowest BCUT2D eigenvalue weighted by Crippen LogP contribution is -2.37. The number of carbonyl (C=O) groups is 1. The monoisotopic (exact) mass is 408 g/mol. The molecule has 1 atom stereocenters. The van der Waals surface area contributed by atoms with Gasteiger partial charge in [-0.05, 0) is 49.2 Å². The number of benzene rings is 1. The minimum Gasteiger partial charge on any atom is -0.493 e. The minimum atomic E-state index is -0.746. The summed E-state index contributed by atoms with van der Waals surface area (Å²) in [7, 11) is 3.16. The van der Waals surface area contributed by atoms with Gasteiger partial charge in [0.15, 0.2) is 11.5 Å². The van der Waals surface area contributed by atoms with Crippen LogP contribution in [-0.4, -0.2) is 41.4 Å². The van der Waals surface area contributed by atoms with Crippen LogP contribution in [0.5, 0.6) is 11.5 Å². The largest absolute Gasteiger partial charge is 0.493 e. The molecule has 0 bridgehead atoms. The van der Waals surface area contributed by atoms with Crippen LogP contribution in [0.1, 0.15) is 18.5 Å². The van der Waals surface area contributed by atoms with Crippen molar-refractivity contribution in [1.29, 1.82) is 0 Å². The number of amides is 1. The summed E-state index contributed by atoms with van der Waals surface area (Å²) < 4.78 is 11.7. The number of carbonyl (C=O) groups excluding carboxylic acids is 1. The number of hydrogen-bond donors (Lipinski definition) is 1. The molecule has 3 aromatic rings. The molecule has 8 heteroatoms. The lowest BCUT2D eigenvalue weighted by molar-refractivity contribution is -0.124. The van der Waals surface area contributed by atoms with Gasteiger partial charge in [-0.15, -0.1) is 0 Å². The number of ether oxygens (including phenoxy) is 2. The molecule has 1 amide bonds. The molecule has 2 aromatic heterocycles. The fourth-order valence-electron chi connectivity index (χ4n) is 3.00. The average molecular weight is 408 g/mol. The highest BCUT2D eigenvalue weighted by Crippen LogP contribution is 2.27. The SMILES string of the molecule is COc1ccc(CCNC(=O)C(C)n2nc(-c3ccncc3)ccc2=O)cc1OC. The Balaban J connectivity index is 1.66. The van der Waals surface area contributed by atoms with E-state index in [1.54, 1.807) is 51.7 Å². The summed E-state index contributed by atoms with van der Waals surface area (Å²) in [5.41, 5.74) is 2.08. The van der Waals surface area contributed by atoms with Crippen molar-refractivity contribution in [3.05, 3.63) is 70.8 Å². The molecule has 0 radical (unpaired) electrons. The van der Waals surface area contributed by atoms with Gasteiger partial charge in [-0.3, -0.25) is 14.6 Å². The van der Waals surface area contributed by atoms with Crippen molar-refractivity contribution in [2.24, 2.45) is 0 Å². The zero-order chi connectivity index (χ0) is 21.5. The van der Waals surface area contributed by atoms with Crippen LogP contribution in [0.15, 0.2) is 59.7 Å². The second kappa shape index (κ2) is 9.69. The number of rotatable bonds is 8. The summed E-state index contributed by atoms with van der Waals surface area (Å²) in [6.45, 7) is 2.06. The van der Waals surface area contributed by atoms with E-state index in [-0.39, 0.29) is 11.5 Å². The first-order valence-corrected chi connectivity index (χ1v) is 9.52. The quantitative estimate of drug-likeness (QED) is 0.614. The second-order valence-electron chi connectivity index (χ2n) is 6.64. The van der Waals surface area contributed by atoms with E-state index >= 15 is 0 Å². The maximum absolute atomic E-state index is 12.6. The molecular weight excluding hydrogens is 384 g/mol. The van der Waals surface area contributed by atoms with Gasteiger partial charge >= 0.3 is 0 Å². The third kappa shape index (κ3) is 4.83. The first-order valence-electron chi connectivity index (χ1n) is 9.52. The molecule has 30 heavy (non-hydrogen) atoms. The van der Waals surface area contributed by atoms with Crippen LogP contribution in [0.2, 0.25) is 0 Å². The fourth-order valence-corrected chi connectivity index (χ4v) is 3.00. The van der Waals surface area contributed by atoms with E-state index in [0.717, 1.165) is 11.1 Å². The van der Waals surface area contributed by atoms with E-state index in [9.17, 15) is 9.59 Å². The Morgan fingerprint density at radius 3 is 2.50 bits per heavy atom. The van der Waals surface area contributed by atoms with Gasteiger partial charge in [0.2, 0.25) is 5.91 Å². The molecule has 0 aliphatic rings. The van der Waals surface area contributed by atoms with Gasteiger partial charge in [0.05, 0.1) is 19.9 Å². The van der Waals surface area contributed by atoms with Gasteiger partial charge in [0, 0.05) is 30.6 Å². The van der Waals surface area contributed by atoms with Crippen molar-refractivity contribution in [3.8, 4) is 22.8 Å². The summed E-state index contributed by atoms with van der Waals surface area (Å²) in [6, 6.07) is 11.5. The number of nitrogens with zero attached hydrogens (tertiary/aromatic N) is 3. The summed E-state index contributed by atoms with van der Waals surface area (Å²) in [5, 5.41) is 7.22. The fraction of sp³-hybridized carbons (Fsp3) is 0.273. The van der Waals surface area contributed by atoms with E-state index in [4.69, 9.17) is 9.47 Å². The third-order valence-corrected chi connectivity index (χ3v) is 4.71. The van der Waals surface area contributed by atoms with E-state index in [2.05, 4.69) is 15.4 Å². The predicted octanol–water partition coefficient (Wildman–Crippen LogP) is 2.24. The number of nitrogens with one attached hydrogen (secondary N) is 1. The van der Waals surface area contributed by atoms with Gasteiger partial charge in [-0.1, -0.05) is 6.07 Å². The van der Waals surface area contributed by atoms with Gasteiger partial charge in [0.25, 0.3) is 5.56 Å². The molecule has 0 fully saturated rings. The van der Waals surface area contributed by atoms with E-state index in [1.165, 1.54) is 10.7 Å². The van der Waals surface area contributed by atoms with Crippen molar-refractivity contribution < 1.29 is 14.3 Å². The molecule has 0 aliphatic heterocycles. The van der Waals surface area contributed by atoms with Crippen molar-refractivity contribution >= 4 is 5.91 Å². The first kappa shape index (κ1) is 21.0. The Labute approximate surface area is 174 Å². The highest BCUT2D eigenvalue weighted by molar-refractivity contribution is 5.79. The van der Waals surface area contributed by atoms with Crippen LogP contribution >= 0.6 is 0 Å². The Bertz CT molecular complexity index is 1070. The van der Waals surface area contributed by atoms with Crippen molar-refractivity contribution in [2.75, 3.05) is 20.8 Å². The lowest BCUT2D eigenvalue weighted by atomic mass is 10.1. The van der Waals surface area contributed by atoms with Crippen LogP contribution in [-0.2, 0) is 11.2 Å².